The van der Waals surface area contributed by atoms with Crippen LogP contribution in [0, 0.1) is 12.8 Å². The molecule has 3 aromatic rings. The van der Waals surface area contributed by atoms with Gasteiger partial charge in [-0.2, -0.15) is 26.3 Å². The van der Waals surface area contributed by atoms with E-state index in [2.05, 4.69) is 0 Å². The maximum absolute atomic E-state index is 13.2. The number of carbonyl (C=O) groups is 1. The third kappa shape index (κ3) is 7.47. The van der Waals surface area contributed by atoms with Gasteiger partial charge in [0.2, 0.25) is 0 Å². The molecule has 0 fully saturated rings. The van der Waals surface area contributed by atoms with Crippen molar-refractivity contribution in [1.29, 1.82) is 0 Å². The van der Waals surface area contributed by atoms with Gasteiger partial charge in [-0.3, -0.25) is 4.79 Å². The highest BCUT2D eigenvalue weighted by Crippen LogP contribution is 2.34. The van der Waals surface area contributed by atoms with E-state index in [0.29, 0.717) is 39.8 Å². The van der Waals surface area contributed by atoms with Gasteiger partial charge in [0.05, 0.1) is 17.0 Å². The van der Waals surface area contributed by atoms with Crippen LogP contribution in [0.15, 0.2) is 60.7 Å². The number of aliphatic carboxylic acids is 1. The van der Waals surface area contributed by atoms with Gasteiger partial charge in [-0.15, -0.1) is 0 Å². The molecule has 1 N–H and O–H groups in total. The van der Waals surface area contributed by atoms with Gasteiger partial charge in [-0.05, 0) is 83.0 Å². The summed E-state index contributed by atoms with van der Waals surface area (Å²) in [6, 6.07) is 13.1. The summed E-state index contributed by atoms with van der Waals surface area (Å²) >= 11 is 0. The Morgan fingerprint density at radius 3 is 1.86 bits per heavy atom. The normalized spacial score (nSPS) is 13.4. The Kier molecular flexibility index (Phi) is 8.20. The molecule has 196 valence electrons. The zero-order chi connectivity index (χ0) is 27.5. The topological polar surface area (TPSA) is 37.3 Å². The predicted molar refractivity (Wildman–Crippen MR) is 132 cm³/mol. The summed E-state index contributed by atoms with van der Waals surface area (Å²) in [5.74, 6) is -1.85. The standard InChI is InChI=1S/C29H26F6O2/c1-17(2)10-26(27(36)37)23-14-20(5-4-19-11-18(3)12-25(15-19)29(33,34)35)13-22(16-23)21-6-8-24(9-7-21)28(30,31)32/h4-9,11-17,26H,10H2,1-3H3,(H,36,37)/b5-4+. The summed E-state index contributed by atoms with van der Waals surface area (Å²) in [6.07, 6.45) is -5.60. The van der Waals surface area contributed by atoms with E-state index in [0.717, 1.165) is 24.3 Å². The number of carboxylic acid groups (broad SMARTS) is 1. The lowest BCUT2D eigenvalue weighted by molar-refractivity contribution is -0.139. The van der Waals surface area contributed by atoms with Gasteiger partial charge in [0.15, 0.2) is 0 Å². The molecule has 0 saturated carbocycles. The Bertz CT molecular complexity index is 1290. The van der Waals surface area contributed by atoms with Crippen molar-refractivity contribution in [2.75, 3.05) is 0 Å². The molecule has 0 amide bonds. The van der Waals surface area contributed by atoms with Crippen LogP contribution in [0.2, 0.25) is 0 Å². The van der Waals surface area contributed by atoms with Crippen LogP contribution in [0.5, 0.6) is 0 Å². The first-order valence-corrected chi connectivity index (χ1v) is 11.6. The summed E-state index contributed by atoms with van der Waals surface area (Å²) in [6.45, 7) is 5.32. The van der Waals surface area contributed by atoms with Crippen LogP contribution < -0.4 is 0 Å². The van der Waals surface area contributed by atoms with E-state index in [9.17, 15) is 36.2 Å². The van der Waals surface area contributed by atoms with E-state index in [1.807, 2.05) is 13.8 Å². The smallest absolute Gasteiger partial charge is 0.416 e. The molecule has 0 bridgehead atoms. The minimum Gasteiger partial charge on any atom is -0.481 e. The minimum atomic E-state index is -4.50. The maximum atomic E-state index is 13.2. The van der Waals surface area contributed by atoms with Crippen molar-refractivity contribution in [3.8, 4) is 11.1 Å². The van der Waals surface area contributed by atoms with E-state index in [1.54, 1.807) is 37.3 Å². The van der Waals surface area contributed by atoms with E-state index < -0.39 is 35.4 Å². The van der Waals surface area contributed by atoms with Crippen molar-refractivity contribution in [3.63, 3.8) is 0 Å². The van der Waals surface area contributed by atoms with Crippen molar-refractivity contribution in [2.24, 2.45) is 5.92 Å². The number of hydrogen-bond acceptors (Lipinski definition) is 1. The Hall–Kier alpha value is -3.55. The van der Waals surface area contributed by atoms with Crippen LogP contribution in [0.1, 0.15) is 59.6 Å². The lowest BCUT2D eigenvalue weighted by atomic mass is 9.87. The zero-order valence-electron chi connectivity index (χ0n) is 20.4. The molecule has 37 heavy (non-hydrogen) atoms. The molecule has 0 aromatic heterocycles. The number of carboxylic acids is 1. The molecule has 0 aliphatic heterocycles. The maximum Gasteiger partial charge on any atom is 0.416 e. The van der Waals surface area contributed by atoms with E-state index in [1.165, 1.54) is 18.2 Å². The van der Waals surface area contributed by atoms with Crippen molar-refractivity contribution in [1.82, 2.24) is 0 Å². The van der Waals surface area contributed by atoms with Crippen LogP contribution in [-0.4, -0.2) is 11.1 Å². The largest absolute Gasteiger partial charge is 0.481 e. The van der Waals surface area contributed by atoms with Crippen molar-refractivity contribution in [3.05, 3.63) is 94.0 Å². The third-order valence-corrected chi connectivity index (χ3v) is 5.83. The van der Waals surface area contributed by atoms with Crippen molar-refractivity contribution < 1.29 is 36.2 Å². The first-order valence-electron chi connectivity index (χ1n) is 11.6. The van der Waals surface area contributed by atoms with Gasteiger partial charge in [-0.1, -0.05) is 56.3 Å². The number of halogens is 6. The molecule has 3 aromatic carbocycles. The van der Waals surface area contributed by atoms with Gasteiger partial charge >= 0.3 is 18.3 Å². The molecule has 2 nitrogen and oxygen atoms in total. The molecule has 3 rings (SSSR count). The summed E-state index contributed by atoms with van der Waals surface area (Å²) < 4.78 is 78.7. The second-order valence-electron chi connectivity index (χ2n) is 9.45. The van der Waals surface area contributed by atoms with E-state index >= 15 is 0 Å². The molecule has 0 heterocycles. The molecular formula is C29H26F6O2. The molecule has 0 saturated heterocycles. The summed E-state index contributed by atoms with van der Waals surface area (Å²) in [5.41, 5.74) is 1.07. The second-order valence-corrected chi connectivity index (χ2v) is 9.45. The Balaban J connectivity index is 2.10. The lowest BCUT2D eigenvalue weighted by Gasteiger charge is -2.17. The van der Waals surface area contributed by atoms with Gasteiger partial charge in [0.1, 0.15) is 0 Å². The second kappa shape index (κ2) is 10.8. The Morgan fingerprint density at radius 2 is 1.35 bits per heavy atom. The predicted octanol–water partition coefficient (Wildman–Crippen LogP) is 9.08. The monoisotopic (exact) mass is 520 g/mol. The van der Waals surface area contributed by atoms with E-state index in [-0.39, 0.29) is 5.92 Å². The average Bonchev–Trinajstić information content (AvgIpc) is 2.79. The fourth-order valence-corrected chi connectivity index (χ4v) is 4.11. The van der Waals surface area contributed by atoms with Crippen molar-refractivity contribution in [2.45, 2.75) is 45.5 Å². The molecular weight excluding hydrogens is 494 g/mol. The molecule has 8 heteroatoms. The quantitative estimate of drug-likeness (QED) is 0.249. The Morgan fingerprint density at radius 1 is 0.784 bits per heavy atom. The van der Waals surface area contributed by atoms with Crippen molar-refractivity contribution >= 4 is 18.1 Å². The average molecular weight is 521 g/mol. The van der Waals surface area contributed by atoms with Gasteiger partial charge in [0, 0.05) is 0 Å². The van der Waals surface area contributed by atoms with Crippen LogP contribution in [0.4, 0.5) is 26.3 Å². The molecule has 0 radical (unpaired) electrons. The minimum absolute atomic E-state index is 0.0582. The summed E-state index contributed by atoms with van der Waals surface area (Å²) in [5, 5.41) is 9.85. The number of hydrogen-bond donors (Lipinski definition) is 1. The first kappa shape index (κ1) is 28.0. The number of aryl methyl sites for hydroxylation is 1. The highest BCUT2D eigenvalue weighted by Gasteiger charge is 2.31. The number of rotatable bonds is 7. The third-order valence-electron chi connectivity index (χ3n) is 5.83. The fraction of sp³-hybridized carbons (Fsp3) is 0.276. The molecule has 1 atom stereocenters. The molecule has 0 spiro atoms. The van der Waals surface area contributed by atoms with Crippen LogP contribution in [-0.2, 0) is 17.1 Å². The zero-order valence-corrected chi connectivity index (χ0v) is 20.4. The van der Waals surface area contributed by atoms with Crippen LogP contribution in [0.25, 0.3) is 23.3 Å². The van der Waals surface area contributed by atoms with E-state index in [4.69, 9.17) is 0 Å². The lowest BCUT2D eigenvalue weighted by Crippen LogP contribution is -2.14. The summed E-state index contributed by atoms with van der Waals surface area (Å²) in [7, 11) is 0. The van der Waals surface area contributed by atoms with Gasteiger partial charge in [-0.25, -0.2) is 0 Å². The number of benzene rings is 3. The van der Waals surface area contributed by atoms with Crippen LogP contribution >= 0.6 is 0 Å². The highest BCUT2D eigenvalue weighted by atomic mass is 19.4. The van der Waals surface area contributed by atoms with Gasteiger partial charge in [0.25, 0.3) is 0 Å². The SMILES string of the molecule is Cc1cc(/C=C/c2cc(-c3ccc(C(F)(F)F)cc3)cc(C(CC(C)C)C(=O)O)c2)cc(C(F)(F)F)c1. The number of alkyl halides is 6. The summed E-state index contributed by atoms with van der Waals surface area (Å²) in [4.78, 5) is 12.0. The molecule has 0 aliphatic carbocycles. The molecule has 1 unspecified atom stereocenters. The van der Waals surface area contributed by atoms with Crippen LogP contribution in [0.3, 0.4) is 0 Å². The first-order chi connectivity index (χ1) is 17.1. The Labute approximate surface area is 211 Å². The van der Waals surface area contributed by atoms with Gasteiger partial charge < -0.3 is 5.11 Å². The molecule has 0 aliphatic rings. The fourth-order valence-electron chi connectivity index (χ4n) is 4.11. The highest BCUT2D eigenvalue weighted by molar-refractivity contribution is 5.80.